The molecule has 150 valence electrons. The lowest BCUT2D eigenvalue weighted by atomic mass is 10.1. The van der Waals surface area contributed by atoms with Crippen LogP contribution in [0.3, 0.4) is 0 Å². The number of carbonyl (C=O) groups is 1. The summed E-state index contributed by atoms with van der Waals surface area (Å²) in [7, 11) is -3.20. The number of primary amides is 1. The van der Waals surface area contributed by atoms with Crippen LogP contribution < -0.4 is 21.5 Å². The van der Waals surface area contributed by atoms with E-state index in [4.69, 9.17) is 16.2 Å². The minimum atomic E-state index is -4.60. The topological polar surface area (TPSA) is 169 Å². The van der Waals surface area contributed by atoms with Crippen molar-refractivity contribution in [3.05, 3.63) is 48.5 Å². The number of rotatable bonds is 5. The number of urea groups is 1. The van der Waals surface area contributed by atoms with Crippen molar-refractivity contribution in [1.82, 2.24) is 0 Å². The molecule has 0 unspecified atom stereocenters. The summed E-state index contributed by atoms with van der Waals surface area (Å²) >= 11 is 0. The fraction of sp³-hybridized carbons (Fsp3) is 0.0556. The van der Waals surface area contributed by atoms with Crippen molar-refractivity contribution in [3.63, 3.8) is 0 Å². The highest BCUT2D eigenvalue weighted by Crippen LogP contribution is 2.38. The smallest absolute Gasteiger partial charge is 0.316 e. The molecule has 0 aliphatic rings. The van der Waals surface area contributed by atoms with Crippen molar-refractivity contribution < 1.29 is 22.5 Å². The first-order valence-electron chi connectivity index (χ1n) is 8.15. The number of anilines is 2. The maximum Gasteiger partial charge on any atom is 0.316 e. The number of azo groups is 1. The monoisotopic (exact) mass is 415 g/mol. The second kappa shape index (κ2) is 7.73. The Hall–Kier alpha value is -3.70. The molecule has 3 aromatic rings. The number of benzene rings is 3. The van der Waals surface area contributed by atoms with Crippen molar-refractivity contribution in [2.75, 3.05) is 18.2 Å². The van der Waals surface area contributed by atoms with Gasteiger partial charge >= 0.3 is 6.03 Å². The lowest BCUT2D eigenvalue weighted by Gasteiger charge is -2.11. The van der Waals surface area contributed by atoms with Crippen LogP contribution >= 0.6 is 0 Å². The Morgan fingerprint density at radius 2 is 1.79 bits per heavy atom. The Kier molecular flexibility index (Phi) is 5.35. The van der Waals surface area contributed by atoms with Gasteiger partial charge in [0.2, 0.25) is 0 Å². The van der Waals surface area contributed by atoms with Gasteiger partial charge in [-0.15, -0.1) is 10.2 Å². The van der Waals surface area contributed by atoms with Gasteiger partial charge < -0.3 is 21.5 Å². The highest BCUT2D eigenvalue weighted by Gasteiger charge is 2.20. The zero-order valence-corrected chi connectivity index (χ0v) is 16.0. The number of hydrogen-bond donors (Lipinski definition) is 4. The SMILES string of the molecule is COc1cc(N=Nc2ccc3ccccc3c2S(=O)(=O)O)c(NC(N)=O)cc1N. The van der Waals surface area contributed by atoms with Crippen molar-refractivity contribution >= 4 is 49.7 Å². The van der Waals surface area contributed by atoms with Gasteiger partial charge in [-0.2, -0.15) is 8.42 Å². The van der Waals surface area contributed by atoms with E-state index < -0.39 is 16.1 Å². The summed E-state index contributed by atoms with van der Waals surface area (Å²) in [6.07, 6.45) is 0. The van der Waals surface area contributed by atoms with Gasteiger partial charge in [0.25, 0.3) is 10.1 Å². The van der Waals surface area contributed by atoms with Gasteiger partial charge in [-0.05, 0) is 17.5 Å². The summed E-state index contributed by atoms with van der Waals surface area (Å²) in [6.45, 7) is 0. The molecule has 10 nitrogen and oxygen atoms in total. The molecule has 0 heterocycles. The summed E-state index contributed by atoms with van der Waals surface area (Å²) in [6, 6.07) is 11.6. The summed E-state index contributed by atoms with van der Waals surface area (Å²) < 4.78 is 38.8. The van der Waals surface area contributed by atoms with Gasteiger partial charge in [-0.25, -0.2) is 4.79 Å². The molecule has 0 saturated heterocycles. The number of nitrogens with two attached hydrogens (primary N) is 2. The predicted molar refractivity (Wildman–Crippen MR) is 109 cm³/mol. The molecule has 3 aromatic carbocycles. The second-order valence-electron chi connectivity index (χ2n) is 5.91. The number of ether oxygens (including phenoxy) is 1. The predicted octanol–water partition coefficient (Wildman–Crippen LogP) is 3.58. The number of nitrogens with one attached hydrogen (secondary N) is 1. The Balaban J connectivity index is 2.18. The standard InChI is InChI=1S/C18H17N5O5S/c1-28-16-9-15(14(8-12(16)19)21-18(20)24)23-22-13-7-6-10-4-2-3-5-11(10)17(13)29(25,26)27/h2-9H,19H2,1H3,(H3,20,21,24)(H,25,26,27). The number of carbonyl (C=O) groups excluding carboxylic acids is 1. The quantitative estimate of drug-likeness (QED) is 0.282. The molecule has 2 amide bonds. The van der Waals surface area contributed by atoms with Crippen molar-refractivity contribution in [2.24, 2.45) is 16.0 Å². The van der Waals surface area contributed by atoms with Crippen LogP contribution in [0.2, 0.25) is 0 Å². The molecule has 0 aliphatic carbocycles. The average Bonchev–Trinajstić information content (AvgIpc) is 2.65. The molecule has 29 heavy (non-hydrogen) atoms. The Morgan fingerprint density at radius 3 is 2.45 bits per heavy atom. The average molecular weight is 415 g/mol. The second-order valence-corrected chi connectivity index (χ2v) is 7.27. The molecule has 0 atom stereocenters. The van der Waals surface area contributed by atoms with Gasteiger partial charge in [-0.3, -0.25) is 4.55 Å². The molecular formula is C18H17N5O5S. The van der Waals surface area contributed by atoms with E-state index in [1.807, 2.05) is 0 Å². The van der Waals surface area contributed by atoms with Crippen LogP contribution in [0.1, 0.15) is 0 Å². The normalized spacial score (nSPS) is 11.7. The molecular weight excluding hydrogens is 398 g/mol. The molecule has 0 bridgehead atoms. The van der Waals surface area contributed by atoms with Crippen molar-refractivity contribution in [3.8, 4) is 5.75 Å². The van der Waals surface area contributed by atoms with Crippen LogP contribution in [0.25, 0.3) is 10.8 Å². The van der Waals surface area contributed by atoms with Gasteiger partial charge in [-0.1, -0.05) is 30.3 Å². The molecule has 0 fully saturated rings. The van der Waals surface area contributed by atoms with Crippen LogP contribution in [-0.2, 0) is 10.1 Å². The van der Waals surface area contributed by atoms with Crippen LogP contribution in [0.4, 0.5) is 27.5 Å². The number of nitrogens with zero attached hydrogens (tertiary/aromatic N) is 2. The highest BCUT2D eigenvalue weighted by atomic mass is 32.2. The number of methoxy groups -OCH3 is 1. The van der Waals surface area contributed by atoms with Crippen LogP contribution in [0.5, 0.6) is 5.75 Å². The third-order valence-electron chi connectivity index (χ3n) is 3.99. The molecule has 0 aromatic heterocycles. The summed E-state index contributed by atoms with van der Waals surface area (Å²) in [5.41, 5.74) is 11.4. The summed E-state index contributed by atoms with van der Waals surface area (Å²) in [5.74, 6) is 0.266. The minimum absolute atomic E-state index is 0.0907. The Bertz CT molecular complexity index is 1240. The van der Waals surface area contributed by atoms with E-state index in [1.54, 1.807) is 30.3 Å². The molecule has 0 radical (unpaired) electrons. The van der Waals surface area contributed by atoms with E-state index in [-0.39, 0.29) is 38.8 Å². The minimum Gasteiger partial charge on any atom is -0.495 e. The molecule has 6 N–H and O–H groups in total. The van der Waals surface area contributed by atoms with Crippen molar-refractivity contribution in [2.45, 2.75) is 4.90 Å². The first kappa shape index (κ1) is 20.0. The molecule has 0 spiro atoms. The molecule has 11 heteroatoms. The first-order valence-corrected chi connectivity index (χ1v) is 9.59. The van der Waals surface area contributed by atoms with E-state index >= 15 is 0 Å². The van der Waals surface area contributed by atoms with Gasteiger partial charge in [0.15, 0.2) is 0 Å². The molecule has 0 saturated carbocycles. The third-order valence-corrected chi connectivity index (χ3v) is 4.93. The summed E-state index contributed by atoms with van der Waals surface area (Å²) in [5, 5.41) is 11.2. The number of amides is 2. The first-order chi connectivity index (χ1) is 13.7. The largest absolute Gasteiger partial charge is 0.495 e. The van der Waals surface area contributed by atoms with E-state index in [0.717, 1.165) is 0 Å². The lowest BCUT2D eigenvalue weighted by molar-refractivity contribution is 0.259. The third kappa shape index (κ3) is 4.25. The maximum atomic E-state index is 12.0. The van der Waals surface area contributed by atoms with E-state index in [1.165, 1.54) is 25.3 Å². The number of fused-ring (bicyclic) bond motifs is 1. The zero-order valence-electron chi connectivity index (χ0n) is 15.2. The summed E-state index contributed by atoms with van der Waals surface area (Å²) in [4.78, 5) is 10.9. The Morgan fingerprint density at radius 1 is 1.10 bits per heavy atom. The highest BCUT2D eigenvalue weighted by molar-refractivity contribution is 7.86. The van der Waals surface area contributed by atoms with Crippen LogP contribution in [0, 0.1) is 0 Å². The molecule has 0 aliphatic heterocycles. The fourth-order valence-corrected chi connectivity index (χ4v) is 3.60. The van der Waals surface area contributed by atoms with Gasteiger partial charge in [0.05, 0.1) is 18.5 Å². The van der Waals surface area contributed by atoms with Crippen molar-refractivity contribution in [1.29, 1.82) is 0 Å². The van der Waals surface area contributed by atoms with E-state index in [0.29, 0.717) is 5.39 Å². The van der Waals surface area contributed by atoms with Gasteiger partial charge in [0, 0.05) is 11.5 Å². The lowest BCUT2D eigenvalue weighted by Crippen LogP contribution is -2.19. The van der Waals surface area contributed by atoms with Crippen LogP contribution in [0.15, 0.2) is 63.7 Å². The Labute approximate surface area is 165 Å². The van der Waals surface area contributed by atoms with Gasteiger partial charge in [0.1, 0.15) is 22.0 Å². The van der Waals surface area contributed by atoms with Crippen LogP contribution in [-0.4, -0.2) is 26.1 Å². The number of nitrogen functional groups attached to an aromatic ring is 1. The molecule has 3 rings (SSSR count). The van der Waals surface area contributed by atoms with E-state index in [9.17, 15) is 17.8 Å². The number of hydrogen-bond acceptors (Lipinski definition) is 7. The zero-order chi connectivity index (χ0) is 21.2. The maximum absolute atomic E-state index is 12.0. The van der Waals surface area contributed by atoms with E-state index in [2.05, 4.69) is 15.5 Å². The fourth-order valence-electron chi connectivity index (χ4n) is 2.77.